The van der Waals surface area contributed by atoms with E-state index in [0.29, 0.717) is 6.54 Å². The number of nitrogens with one attached hydrogen (secondary N) is 1. The fourth-order valence-corrected chi connectivity index (χ4v) is 1.93. The van der Waals surface area contributed by atoms with Crippen LogP contribution in [-0.4, -0.2) is 24.7 Å². The highest BCUT2D eigenvalue weighted by molar-refractivity contribution is 5.62. The normalized spacial score (nSPS) is 10.4. The molecular formula is C14H14N6. The summed E-state index contributed by atoms with van der Waals surface area (Å²) in [6, 6.07) is 8.05. The maximum absolute atomic E-state index is 4.23. The Kier molecular flexibility index (Phi) is 3.36. The SMILES string of the molecule is Cn1cnnc1-c1cccc(NCc2cnccn2)c1. The van der Waals surface area contributed by atoms with Crippen molar-refractivity contribution in [2.45, 2.75) is 6.54 Å². The van der Waals surface area contributed by atoms with Crippen LogP contribution in [0, 0.1) is 0 Å². The van der Waals surface area contributed by atoms with Gasteiger partial charge in [-0.15, -0.1) is 10.2 Å². The van der Waals surface area contributed by atoms with Crippen molar-refractivity contribution in [1.29, 1.82) is 0 Å². The minimum Gasteiger partial charge on any atom is -0.379 e. The summed E-state index contributed by atoms with van der Waals surface area (Å²) in [4.78, 5) is 8.27. The van der Waals surface area contributed by atoms with E-state index in [4.69, 9.17) is 0 Å². The average molecular weight is 266 g/mol. The van der Waals surface area contributed by atoms with Crippen molar-refractivity contribution < 1.29 is 0 Å². The lowest BCUT2D eigenvalue weighted by molar-refractivity contribution is 0.919. The van der Waals surface area contributed by atoms with Crippen LogP contribution < -0.4 is 5.32 Å². The van der Waals surface area contributed by atoms with Crippen molar-refractivity contribution in [2.24, 2.45) is 7.05 Å². The van der Waals surface area contributed by atoms with E-state index in [-0.39, 0.29) is 0 Å². The lowest BCUT2D eigenvalue weighted by Gasteiger charge is -2.07. The maximum Gasteiger partial charge on any atom is 0.163 e. The van der Waals surface area contributed by atoms with Gasteiger partial charge in [0.05, 0.1) is 18.4 Å². The monoisotopic (exact) mass is 266 g/mol. The molecule has 0 unspecified atom stereocenters. The maximum atomic E-state index is 4.23. The molecule has 0 aliphatic rings. The molecule has 6 nitrogen and oxygen atoms in total. The molecule has 0 aliphatic heterocycles. The molecular weight excluding hydrogens is 252 g/mol. The van der Waals surface area contributed by atoms with E-state index in [2.05, 4.69) is 25.5 Å². The highest BCUT2D eigenvalue weighted by Gasteiger charge is 2.05. The lowest BCUT2D eigenvalue weighted by atomic mass is 10.2. The van der Waals surface area contributed by atoms with Gasteiger partial charge in [0, 0.05) is 30.7 Å². The third-order valence-corrected chi connectivity index (χ3v) is 2.92. The van der Waals surface area contributed by atoms with E-state index < -0.39 is 0 Å². The summed E-state index contributed by atoms with van der Waals surface area (Å²) in [5.74, 6) is 0.841. The lowest BCUT2D eigenvalue weighted by Crippen LogP contribution is -2.02. The summed E-state index contributed by atoms with van der Waals surface area (Å²) in [6.45, 7) is 0.635. The Balaban J connectivity index is 1.77. The fraction of sp³-hybridized carbons (Fsp3) is 0.143. The van der Waals surface area contributed by atoms with Crippen LogP contribution >= 0.6 is 0 Å². The molecule has 2 heterocycles. The van der Waals surface area contributed by atoms with Gasteiger partial charge in [-0.3, -0.25) is 9.97 Å². The Labute approximate surface area is 116 Å². The van der Waals surface area contributed by atoms with Gasteiger partial charge in [0.2, 0.25) is 0 Å². The number of aromatic nitrogens is 5. The van der Waals surface area contributed by atoms with Gasteiger partial charge in [0.15, 0.2) is 5.82 Å². The first-order valence-corrected chi connectivity index (χ1v) is 6.26. The molecule has 1 aromatic carbocycles. The minimum absolute atomic E-state index is 0.635. The first-order valence-electron chi connectivity index (χ1n) is 6.26. The van der Waals surface area contributed by atoms with Crippen molar-refractivity contribution in [2.75, 3.05) is 5.32 Å². The molecule has 0 radical (unpaired) electrons. The van der Waals surface area contributed by atoms with Gasteiger partial charge in [0.25, 0.3) is 0 Å². The average Bonchev–Trinajstić information content (AvgIpc) is 2.93. The van der Waals surface area contributed by atoms with Gasteiger partial charge in [-0.1, -0.05) is 12.1 Å². The molecule has 0 bridgehead atoms. The number of nitrogens with zero attached hydrogens (tertiary/aromatic N) is 5. The molecule has 0 atom stereocenters. The predicted molar refractivity (Wildman–Crippen MR) is 75.8 cm³/mol. The van der Waals surface area contributed by atoms with Gasteiger partial charge < -0.3 is 9.88 Å². The van der Waals surface area contributed by atoms with Crippen LogP contribution in [0.5, 0.6) is 0 Å². The molecule has 0 amide bonds. The van der Waals surface area contributed by atoms with Gasteiger partial charge in [-0.2, -0.15) is 0 Å². The largest absolute Gasteiger partial charge is 0.379 e. The van der Waals surface area contributed by atoms with Gasteiger partial charge in [-0.05, 0) is 12.1 Å². The van der Waals surface area contributed by atoms with Crippen molar-refractivity contribution >= 4 is 5.69 Å². The number of hydrogen-bond acceptors (Lipinski definition) is 5. The molecule has 2 aromatic heterocycles. The number of hydrogen-bond donors (Lipinski definition) is 1. The second kappa shape index (κ2) is 5.48. The molecule has 0 spiro atoms. The van der Waals surface area contributed by atoms with Crippen LogP contribution in [0.4, 0.5) is 5.69 Å². The quantitative estimate of drug-likeness (QED) is 0.781. The topological polar surface area (TPSA) is 68.5 Å². The first kappa shape index (κ1) is 12.3. The van der Waals surface area contributed by atoms with E-state index in [0.717, 1.165) is 22.8 Å². The van der Waals surface area contributed by atoms with E-state index in [1.54, 1.807) is 24.9 Å². The Bertz CT molecular complexity index is 692. The van der Waals surface area contributed by atoms with Crippen LogP contribution in [0.2, 0.25) is 0 Å². The second-order valence-electron chi connectivity index (χ2n) is 4.40. The summed E-state index contributed by atoms with van der Waals surface area (Å²) in [7, 11) is 1.93. The predicted octanol–water partition coefficient (Wildman–Crippen LogP) is 1.88. The van der Waals surface area contributed by atoms with Crippen LogP contribution in [-0.2, 0) is 13.6 Å². The summed E-state index contributed by atoms with van der Waals surface area (Å²) >= 11 is 0. The first-order chi connectivity index (χ1) is 9.83. The third-order valence-electron chi connectivity index (χ3n) is 2.92. The summed E-state index contributed by atoms with van der Waals surface area (Å²) < 4.78 is 1.89. The van der Waals surface area contributed by atoms with Crippen molar-refractivity contribution in [3.63, 3.8) is 0 Å². The van der Waals surface area contributed by atoms with Crippen molar-refractivity contribution in [1.82, 2.24) is 24.7 Å². The third kappa shape index (κ3) is 2.64. The second-order valence-corrected chi connectivity index (χ2v) is 4.40. The zero-order valence-corrected chi connectivity index (χ0v) is 11.1. The molecule has 0 saturated heterocycles. The van der Waals surface area contributed by atoms with E-state index in [1.807, 2.05) is 35.9 Å². The van der Waals surface area contributed by atoms with Crippen molar-refractivity contribution in [3.8, 4) is 11.4 Å². The highest BCUT2D eigenvalue weighted by atomic mass is 15.2. The molecule has 0 saturated carbocycles. The molecule has 100 valence electrons. The Hall–Kier alpha value is -2.76. The van der Waals surface area contributed by atoms with Crippen molar-refractivity contribution in [3.05, 3.63) is 54.9 Å². The van der Waals surface area contributed by atoms with Gasteiger partial charge in [0.1, 0.15) is 6.33 Å². The minimum atomic E-state index is 0.635. The molecule has 20 heavy (non-hydrogen) atoms. The fourth-order valence-electron chi connectivity index (χ4n) is 1.93. The number of aryl methyl sites for hydroxylation is 1. The smallest absolute Gasteiger partial charge is 0.163 e. The molecule has 0 aliphatic carbocycles. The Morgan fingerprint density at radius 2 is 2.20 bits per heavy atom. The van der Waals surface area contributed by atoms with Crippen LogP contribution in [0.1, 0.15) is 5.69 Å². The van der Waals surface area contributed by atoms with Crippen LogP contribution in [0.3, 0.4) is 0 Å². The summed E-state index contributed by atoms with van der Waals surface area (Å²) in [5, 5.41) is 11.3. The zero-order chi connectivity index (χ0) is 13.8. The molecule has 1 N–H and O–H groups in total. The molecule has 6 heteroatoms. The van der Waals surface area contributed by atoms with Gasteiger partial charge in [-0.25, -0.2) is 0 Å². The summed E-state index contributed by atoms with van der Waals surface area (Å²) in [6.07, 6.45) is 6.79. The zero-order valence-electron chi connectivity index (χ0n) is 11.1. The number of benzene rings is 1. The Morgan fingerprint density at radius 1 is 1.25 bits per heavy atom. The summed E-state index contributed by atoms with van der Waals surface area (Å²) in [5.41, 5.74) is 2.93. The van der Waals surface area contributed by atoms with E-state index >= 15 is 0 Å². The number of rotatable bonds is 4. The van der Waals surface area contributed by atoms with E-state index in [9.17, 15) is 0 Å². The molecule has 3 rings (SSSR count). The van der Waals surface area contributed by atoms with Crippen LogP contribution in [0.15, 0.2) is 49.2 Å². The van der Waals surface area contributed by atoms with Gasteiger partial charge >= 0.3 is 0 Å². The van der Waals surface area contributed by atoms with Crippen LogP contribution in [0.25, 0.3) is 11.4 Å². The highest BCUT2D eigenvalue weighted by Crippen LogP contribution is 2.20. The van der Waals surface area contributed by atoms with E-state index in [1.165, 1.54) is 0 Å². The Morgan fingerprint density at radius 3 is 2.95 bits per heavy atom. The molecule has 3 aromatic rings. The molecule has 0 fully saturated rings. The standard InChI is InChI=1S/C14H14N6/c1-20-10-18-19-14(20)11-3-2-4-12(7-11)17-9-13-8-15-5-6-16-13/h2-8,10,17H,9H2,1H3. The number of anilines is 1.